The fourth-order valence-electron chi connectivity index (χ4n) is 0.141. The summed E-state index contributed by atoms with van der Waals surface area (Å²) < 4.78 is 0. The van der Waals surface area contributed by atoms with Crippen LogP contribution in [0, 0.1) is 6.29 Å². The maximum absolute atomic E-state index is 4.16. The first-order valence-corrected chi connectivity index (χ1v) is 1.44. The molecule has 0 spiro atoms. The van der Waals surface area contributed by atoms with Crippen molar-refractivity contribution in [3.63, 3.8) is 0 Å². The average Bonchev–Trinajstić information content (AvgIpc) is 1.31. The van der Waals surface area contributed by atoms with Gasteiger partial charge in [-0.2, -0.15) is 9.78 Å². The van der Waals surface area contributed by atoms with Crippen LogP contribution >= 0.6 is 0 Å². The molecular weight excluding hydrogens is 84.0 g/mol. The number of hydrogen-bond acceptors (Lipinski definition) is 3. The highest BCUT2D eigenvalue weighted by Gasteiger charge is 2.19. The molecule has 1 aliphatic heterocycles. The van der Waals surface area contributed by atoms with Gasteiger partial charge in [-0.3, -0.25) is 0 Å². The van der Waals surface area contributed by atoms with Crippen LogP contribution < -0.4 is 0 Å². The molecule has 1 heterocycles. The van der Waals surface area contributed by atoms with Gasteiger partial charge in [-0.15, -0.1) is 0 Å². The summed E-state index contributed by atoms with van der Waals surface area (Å²) in [6.07, 6.45) is 1.72. The highest BCUT2D eigenvalue weighted by Crippen LogP contribution is 2.16. The summed E-state index contributed by atoms with van der Waals surface area (Å²) in [5.41, 5.74) is 0. The van der Waals surface area contributed by atoms with Gasteiger partial charge in [0.15, 0.2) is 0 Å². The van der Waals surface area contributed by atoms with E-state index in [9.17, 15) is 0 Å². The minimum absolute atomic E-state index is 0.315. The lowest BCUT2D eigenvalue weighted by Crippen LogP contribution is -2.16. The summed E-state index contributed by atoms with van der Waals surface area (Å²) >= 11 is 0. The predicted octanol–water partition coefficient (Wildman–Crippen LogP) is 0.555. The lowest BCUT2D eigenvalue weighted by Gasteiger charge is -2.15. The third kappa shape index (κ3) is 0.428. The van der Waals surface area contributed by atoms with Crippen LogP contribution in [0.2, 0.25) is 0 Å². The Labute approximate surface area is 35.0 Å². The lowest BCUT2D eigenvalue weighted by atomic mass is 10.6. The fraction of sp³-hybridized carbons (Fsp3) is 0. The predicted molar refractivity (Wildman–Crippen MR) is 16.7 cm³/mol. The first kappa shape index (κ1) is 3.80. The van der Waals surface area contributed by atoms with Crippen LogP contribution in [-0.2, 0) is 14.8 Å². The Morgan fingerprint density at radius 1 is 1.50 bits per heavy atom. The summed E-state index contributed by atoms with van der Waals surface area (Å²) in [6.45, 7) is 3.32. The zero-order valence-corrected chi connectivity index (χ0v) is 3.01. The molecule has 0 aromatic carbocycles. The summed E-state index contributed by atoms with van der Waals surface area (Å²) in [6, 6.07) is 0. The minimum Gasteiger partial charge on any atom is -0.156 e. The van der Waals surface area contributed by atoms with Gasteiger partial charge in [0.25, 0.3) is 0 Å². The summed E-state index contributed by atoms with van der Waals surface area (Å²) in [7, 11) is 0. The Kier molecular flexibility index (Phi) is 0.874. The van der Waals surface area contributed by atoms with Crippen LogP contribution in [0.3, 0.4) is 0 Å². The van der Waals surface area contributed by atoms with Crippen LogP contribution in [0.4, 0.5) is 0 Å². The second-order valence-electron chi connectivity index (χ2n) is 0.758. The van der Waals surface area contributed by atoms with Crippen molar-refractivity contribution in [1.82, 2.24) is 0 Å². The smallest absolute Gasteiger partial charge is 0.156 e. The number of rotatable bonds is 1. The summed E-state index contributed by atoms with van der Waals surface area (Å²) in [5.74, 6) is 0. The summed E-state index contributed by atoms with van der Waals surface area (Å²) in [5, 5.41) is 3.82. The first-order chi connectivity index (χ1) is 2.93. The standard InChI is InChI=1S/C3H3O3/c1-2-3-4-6-5-3/h2H,1H2. The van der Waals surface area contributed by atoms with Crippen LogP contribution in [-0.4, -0.2) is 0 Å². The van der Waals surface area contributed by atoms with E-state index in [0.717, 1.165) is 0 Å². The largest absolute Gasteiger partial charge is 0.320 e. The molecule has 0 aromatic heterocycles. The van der Waals surface area contributed by atoms with E-state index in [1.165, 1.54) is 6.08 Å². The summed E-state index contributed by atoms with van der Waals surface area (Å²) in [4.78, 5) is 8.31. The van der Waals surface area contributed by atoms with E-state index in [1.54, 1.807) is 0 Å². The van der Waals surface area contributed by atoms with E-state index < -0.39 is 0 Å². The number of hydrogen-bond donors (Lipinski definition) is 0. The Bertz CT molecular complexity index is 57.1. The molecule has 0 N–H and O–H groups in total. The van der Waals surface area contributed by atoms with Crippen molar-refractivity contribution in [1.29, 1.82) is 0 Å². The topological polar surface area (TPSA) is 27.7 Å². The second kappa shape index (κ2) is 1.38. The molecule has 0 atom stereocenters. The molecule has 1 fully saturated rings. The molecule has 6 heavy (non-hydrogen) atoms. The second-order valence-corrected chi connectivity index (χ2v) is 0.758. The van der Waals surface area contributed by atoms with Crippen molar-refractivity contribution < 1.29 is 14.8 Å². The minimum atomic E-state index is 0.315. The molecule has 0 aromatic rings. The average molecular weight is 87.1 g/mol. The van der Waals surface area contributed by atoms with Gasteiger partial charge in [0.05, 0.1) is 0 Å². The molecule has 1 rings (SSSR count). The third-order valence-electron chi connectivity index (χ3n) is 0.399. The zero-order valence-electron chi connectivity index (χ0n) is 3.01. The molecule has 0 bridgehead atoms. The highest BCUT2D eigenvalue weighted by molar-refractivity contribution is 4.87. The van der Waals surface area contributed by atoms with E-state index in [4.69, 9.17) is 0 Å². The van der Waals surface area contributed by atoms with Gasteiger partial charge in [0.1, 0.15) is 0 Å². The maximum Gasteiger partial charge on any atom is 0.320 e. The lowest BCUT2D eigenvalue weighted by molar-refractivity contribution is -0.631. The molecule has 0 unspecified atom stereocenters. The van der Waals surface area contributed by atoms with Gasteiger partial charge in [0.2, 0.25) is 0 Å². The van der Waals surface area contributed by atoms with Crippen LogP contribution in [0.25, 0.3) is 0 Å². The highest BCUT2D eigenvalue weighted by atomic mass is 17.6. The van der Waals surface area contributed by atoms with Crippen molar-refractivity contribution in [2.45, 2.75) is 0 Å². The van der Waals surface area contributed by atoms with Crippen LogP contribution in [0.15, 0.2) is 12.7 Å². The van der Waals surface area contributed by atoms with E-state index in [0.29, 0.717) is 6.29 Å². The maximum atomic E-state index is 4.16. The monoisotopic (exact) mass is 87.0 g/mol. The van der Waals surface area contributed by atoms with Gasteiger partial charge < -0.3 is 0 Å². The van der Waals surface area contributed by atoms with Gasteiger partial charge in [0, 0.05) is 0 Å². The van der Waals surface area contributed by atoms with E-state index in [1.807, 2.05) is 0 Å². The zero-order chi connectivity index (χ0) is 4.41. The van der Waals surface area contributed by atoms with Crippen molar-refractivity contribution >= 4 is 0 Å². The van der Waals surface area contributed by atoms with Gasteiger partial charge in [-0.05, 0) is 6.08 Å². The third-order valence-corrected chi connectivity index (χ3v) is 0.399. The quantitative estimate of drug-likeness (QED) is 0.437. The molecule has 0 aliphatic carbocycles. The molecule has 3 heteroatoms. The first-order valence-electron chi connectivity index (χ1n) is 1.44. The van der Waals surface area contributed by atoms with E-state index in [-0.39, 0.29) is 0 Å². The van der Waals surface area contributed by atoms with Crippen molar-refractivity contribution in [2.24, 2.45) is 0 Å². The fourth-order valence-corrected chi connectivity index (χ4v) is 0.141. The molecule has 0 amide bonds. The Balaban J connectivity index is 2.16. The molecule has 33 valence electrons. The van der Waals surface area contributed by atoms with Gasteiger partial charge >= 0.3 is 6.29 Å². The van der Waals surface area contributed by atoms with Crippen molar-refractivity contribution in [3.8, 4) is 0 Å². The van der Waals surface area contributed by atoms with Crippen LogP contribution in [0.5, 0.6) is 0 Å². The van der Waals surface area contributed by atoms with Crippen molar-refractivity contribution in [3.05, 3.63) is 18.9 Å². The Morgan fingerprint density at radius 2 is 2.17 bits per heavy atom. The van der Waals surface area contributed by atoms with Crippen LogP contribution in [0.1, 0.15) is 0 Å². The van der Waals surface area contributed by atoms with Gasteiger partial charge in [-0.25, -0.2) is 0 Å². The molecule has 1 saturated heterocycles. The molecule has 3 nitrogen and oxygen atoms in total. The van der Waals surface area contributed by atoms with Crippen molar-refractivity contribution in [2.75, 3.05) is 0 Å². The molecule has 0 saturated carbocycles. The van der Waals surface area contributed by atoms with Gasteiger partial charge in [-0.1, -0.05) is 11.6 Å². The molecular formula is C3H3O3. The van der Waals surface area contributed by atoms with E-state index in [2.05, 4.69) is 21.4 Å². The Morgan fingerprint density at radius 3 is 2.17 bits per heavy atom. The normalized spacial score (nSPS) is 22.7. The molecule has 1 aliphatic rings. The van der Waals surface area contributed by atoms with E-state index >= 15 is 0 Å². The SMILES string of the molecule is C=C[C]1OOO1. The molecule has 1 radical (unpaired) electrons. The Hall–Kier alpha value is -0.380.